The first kappa shape index (κ1) is 22.4. The summed E-state index contributed by atoms with van der Waals surface area (Å²) in [5, 5.41) is 5.22. The van der Waals surface area contributed by atoms with Crippen molar-refractivity contribution in [2.75, 3.05) is 32.7 Å². The third-order valence-electron chi connectivity index (χ3n) is 5.80. The molecular formula is C25H25BrFN3O2. The molecule has 1 N–H and O–H groups in total. The number of amides is 2. The van der Waals surface area contributed by atoms with Crippen LogP contribution in [0.4, 0.5) is 4.39 Å². The molecule has 1 fully saturated rings. The Hall–Kier alpha value is -2.77. The van der Waals surface area contributed by atoms with E-state index < -0.39 is 11.7 Å². The fourth-order valence-electron chi connectivity index (χ4n) is 4.03. The summed E-state index contributed by atoms with van der Waals surface area (Å²) < 4.78 is 13.9. The third-order valence-corrected chi connectivity index (χ3v) is 6.49. The number of fused-ring (bicyclic) bond motifs is 1. The molecule has 3 aromatic rings. The minimum absolute atomic E-state index is 0.0217. The summed E-state index contributed by atoms with van der Waals surface area (Å²) in [6, 6.07) is 18.7. The fraction of sp³-hybridized carbons (Fsp3) is 0.280. The van der Waals surface area contributed by atoms with Gasteiger partial charge in [0.2, 0.25) is 5.91 Å². The van der Waals surface area contributed by atoms with Crippen molar-refractivity contribution in [1.29, 1.82) is 0 Å². The van der Waals surface area contributed by atoms with Crippen LogP contribution in [0.2, 0.25) is 0 Å². The molecule has 7 heteroatoms. The summed E-state index contributed by atoms with van der Waals surface area (Å²) in [5.41, 5.74) is 1.52. The van der Waals surface area contributed by atoms with E-state index in [2.05, 4.69) is 68.6 Å². The Kier molecular flexibility index (Phi) is 7.17. The molecule has 0 bridgehead atoms. The molecule has 0 saturated carbocycles. The second-order valence-corrected chi connectivity index (χ2v) is 8.78. The lowest BCUT2D eigenvalue weighted by atomic mass is 10.0. The van der Waals surface area contributed by atoms with Gasteiger partial charge in [0.25, 0.3) is 5.91 Å². The first-order valence-electron chi connectivity index (χ1n) is 10.7. The first-order valence-corrected chi connectivity index (χ1v) is 11.5. The summed E-state index contributed by atoms with van der Waals surface area (Å²) in [5.74, 6) is -0.853. The van der Waals surface area contributed by atoms with Crippen molar-refractivity contribution >= 4 is 38.5 Å². The predicted octanol–water partition coefficient (Wildman–Crippen LogP) is 4.21. The Bertz CT molecular complexity index is 1120. The molecule has 4 rings (SSSR count). The number of halogens is 2. The largest absolute Gasteiger partial charge is 0.351 e. The molecule has 0 radical (unpaired) electrons. The van der Waals surface area contributed by atoms with Crippen LogP contribution in [-0.4, -0.2) is 54.3 Å². The van der Waals surface area contributed by atoms with E-state index in [0.717, 1.165) is 19.6 Å². The Morgan fingerprint density at radius 1 is 0.969 bits per heavy atom. The SMILES string of the molecule is O=C(NCCC(=O)N1CCN(Cc2cccc3ccccc23)CC1)c1cc(F)ccc1Br. The van der Waals surface area contributed by atoms with E-state index in [9.17, 15) is 14.0 Å². The van der Waals surface area contributed by atoms with Gasteiger partial charge in [-0.05, 0) is 50.5 Å². The highest BCUT2D eigenvalue weighted by molar-refractivity contribution is 9.10. The molecule has 0 aromatic heterocycles. The molecular weight excluding hydrogens is 473 g/mol. The molecule has 2 amide bonds. The third kappa shape index (κ3) is 5.34. The normalized spacial score (nSPS) is 14.5. The highest BCUT2D eigenvalue weighted by atomic mass is 79.9. The maximum atomic E-state index is 13.4. The smallest absolute Gasteiger partial charge is 0.252 e. The lowest BCUT2D eigenvalue weighted by Crippen LogP contribution is -2.48. The minimum Gasteiger partial charge on any atom is -0.351 e. The molecule has 5 nitrogen and oxygen atoms in total. The zero-order valence-electron chi connectivity index (χ0n) is 17.7. The zero-order valence-corrected chi connectivity index (χ0v) is 19.3. The van der Waals surface area contributed by atoms with Crippen LogP contribution in [0.25, 0.3) is 10.8 Å². The van der Waals surface area contributed by atoms with Crippen LogP contribution in [-0.2, 0) is 11.3 Å². The molecule has 0 spiro atoms. The van der Waals surface area contributed by atoms with Gasteiger partial charge in [-0.1, -0.05) is 42.5 Å². The van der Waals surface area contributed by atoms with Crippen LogP contribution in [0.15, 0.2) is 65.1 Å². The number of hydrogen-bond donors (Lipinski definition) is 1. The van der Waals surface area contributed by atoms with Gasteiger partial charge in [-0.15, -0.1) is 0 Å². The first-order chi connectivity index (χ1) is 15.5. The van der Waals surface area contributed by atoms with Crippen molar-refractivity contribution in [1.82, 2.24) is 15.1 Å². The number of piperazine rings is 1. The maximum Gasteiger partial charge on any atom is 0.252 e. The van der Waals surface area contributed by atoms with E-state index in [4.69, 9.17) is 0 Å². The van der Waals surface area contributed by atoms with E-state index in [1.54, 1.807) is 0 Å². The second kappa shape index (κ2) is 10.2. The Labute approximate surface area is 195 Å². The van der Waals surface area contributed by atoms with Crippen LogP contribution in [0, 0.1) is 5.82 Å². The van der Waals surface area contributed by atoms with Gasteiger partial charge in [-0.2, -0.15) is 0 Å². The van der Waals surface area contributed by atoms with E-state index in [0.29, 0.717) is 17.6 Å². The van der Waals surface area contributed by atoms with E-state index in [1.165, 1.54) is 34.5 Å². The van der Waals surface area contributed by atoms with Crippen LogP contribution >= 0.6 is 15.9 Å². The summed E-state index contributed by atoms with van der Waals surface area (Å²) in [7, 11) is 0. The summed E-state index contributed by atoms with van der Waals surface area (Å²) in [6.45, 7) is 4.06. The number of nitrogens with one attached hydrogen (secondary N) is 1. The number of carbonyl (C=O) groups excluding carboxylic acids is 2. The Morgan fingerprint density at radius 3 is 2.53 bits per heavy atom. The van der Waals surface area contributed by atoms with Gasteiger partial charge in [0.15, 0.2) is 0 Å². The van der Waals surface area contributed by atoms with Crippen LogP contribution in [0.5, 0.6) is 0 Å². The lowest BCUT2D eigenvalue weighted by molar-refractivity contribution is -0.132. The number of hydrogen-bond acceptors (Lipinski definition) is 3. The standard InChI is InChI=1S/C25H25BrFN3O2/c26-23-9-8-20(27)16-22(23)25(32)28-11-10-24(31)30-14-12-29(13-15-30)17-19-6-3-5-18-4-1-2-7-21(18)19/h1-9,16H,10-15,17H2,(H,28,32). The maximum absolute atomic E-state index is 13.4. The van der Waals surface area contributed by atoms with Gasteiger partial charge in [0.1, 0.15) is 5.82 Å². The van der Waals surface area contributed by atoms with Gasteiger partial charge < -0.3 is 10.2 Å². The van der Waals surface area contributed by atoms with Crippen molar-refractivity contribution in [3.8, 4) is 0 Å². The quantitative estimate of drug-likeness (QED) is 0.554. The van der Waals surface area contributed by atoms with Gasteiger partial charge in [0.05, 0.1) is 5.56 Å². The van der Waals surface area contributed by atoms with Crippen molar-refractivity contribution < 1.29 is 14.0 Å². The molecule has 0 aliphatic carbocycles. The topological polar surface area (TPSA) is 52.7 Å². The van der Waals surface area contributed by atoms with Crippen LogP contribution in [0.3, 0.4) is 0 Å². The summed E-state index contributed by atoms with van der Waals surface area (Å²) >= 11 is 3.25. The average molecular weight is 498 g/mol. The summed E-state index contributed by atoms with van der Waals surface area (Å²) in [6.07, 6.45) is 0.224. The molecule has 0 unspecified atom stereocenters. The highest BCUT2D eigenvalue weighted by Gasteiger charge is 2.21. The molecule has 1 heterocycles. The van der Waals surface area contributed by atoms with Crippen molar-refractivity contribution in [2.45, 2.75) is 13.0 Å². The van der Waals surface area contributed by atoms with Crippen LogP contribution < -0.4 is 5.32 Å². The second-order valence-electron chi connectivity index (χ2n) is 7.93. The van der Waals surface area contributed by atoms with E-state index >= 15 is 0 Å². The van der Waals surface area contributed by atoms with Gasteiger partial charge >= 0.3 is 0 Å². The molecule has 1 aliphatic rings. The van der Waals surface area contributed by atoms with Gasteiger partial charge in [0, 0.05) is 50.2 Å². The number of rotatable bonds is 6. The Balaban J connectivity index is 1.24. The molecule has 32 heavy (non-hydrogen) atoms. The van der Waals surface area contributed by atoms with Crippen molar-refractivity contribution in [2.24, 2.45) is 0 Å². The molecule has 166 valence electrons. The molecule has 1 saturated heterocycles. The number of carbonyl (C=O) groups is 2. The van der Waals surface area contributed by atoms with Gasteiger partial charge in [-0.25, -0.2) is 4.39 Å². The lowest BCUT2D eigenvalue weighted by Gasteiger charge is -2.35. The fourth-order valence-corrected chi connectivity index (χ4v) is 4.46. The Morgan fingerprint density at radius 2 is 1.72 bits per heavy atom. The monoisotopic (exact) mass is 497 g/mol. The average Bonchev–Trinajstić information content (AvgIpc) is 2.81. The zero-order chi connectivity index (χ0) is 22.5. The molecule has 3 aromatic carbocycles. The van der Waals surface area contributed by atoms with Gasteiger partial charge in [-0.3, -0.25) is 14.5 Å². The highest BCUT2D eigenvalue weighted by Crippen LogP contribution is 2.21. The van der Waals surface area contributed by atoms with E-state index in [1.807, 2.05) is 4.90 Å². The van der Waals surface area contributed by atoms with E-state index in [-0.39, 0.29) is 24.4 Å². The molecule has 1 aliphatic heterocycles. The van der Waals surface area contributed by atoms with Crippen molar-refractivity contribution in [3.63, 3.8) is 0 Å². The predicted molar refractivity (Wildman–Crippen MR) is 127 cm³/mol. The molecule has 0 atom stereocenters. The number of nitrogens with zero attached hydrogens (tertiary/aromatic N) is 2. The minimum atomic E-state index is -0.476. The van der Waals surface area contributed by atoms with Crippen molar-refractivity contribution in [3.05, 3.63) is 82.1 Å². The summed E-state index contributed by atoms with van der Waals surface area (Å²) in [4.78, 5) is 29.0. The number of benzene rings is 3. The van der Waals surface area contributed by atoms with Crippen LogP contribution in [0.1, 0.15) is 22.3 Å².